The van der Waals surface area contributed by atoms with Crippen molar-refractivity contribution < 1.29 is 4.74 Å². The van der Waals surface area contributed by atoms with Crippen LogP contribution in [0.3, 0.4) is 0 Å². The van der Waals surface area contributed by atoms with Crippen LogP contribution >= 0.6 is 0 Å². The van der Waals surface area contributed by atoms with Crippen molar-refractivity contribution in [2.45, 2.75) is 25.9 Å². The van der Waals surface area contributed by atoms with Crippen LogP contribution in [0.15, 0.2) is 0 Å². The van der Waals surface area contributed by atoms with Gasteiger partial charge in [-0.2, -0.15) is 0 Å². The van der Waals surface area contributed by atoms with Crippen molar-refractivity contribution in [3.63, 3.8) is 0 Å². The molecular weight excluding hydrogens is 128 g/mol. The van der Waals surface area contributed by atoms with E-state index in [1.165, 1.54) is 0 Å². The second-order valence-electron chi connectivity index (χ2n) is 2.87. The molecule has 0 aromatic rings. The van der Waals surface area contributed by atoms with Gasteiger partial charge in [-0.05, 0) is 20.9 Å². The summed E-state index contributed by atoms with van der Waals surface area (Å²) < 4.78 is 5.34. The molecular formula is C7H16N2O. The Hall–Kier alpha value is -0.120. The molecule has 0 aromatic carbocycles. The normalized spacial score (nSPS) is 36.3. The van der Waals surface area contributed by atoms with Crippen molar-refractivity contribution in [3.8, 4) is 0 Å². The molecule has 1 heterocycles. The highest BCUT2D eigenvalue weighted by atomic mass is 16.5. The van der Waals surface area contributed by atoms with Crippen LogP contribution in [0.25, 0.3) is 0 Å². The summed E-state index contributed by atoms with van der Waals surface area (Å²) in [6.07, 6.45) is 0. The predicted octanol–water partition coefficient (Wildman–Crippen LogP) is 0.230. The molecule has 0 aromatic heterocycles. The fourth-order valence-electron chi connectivity index (χ4n) is 1.44. The molecule has 1 aliphatic rings. The van der Waals surface area contributed by atoms with Gasteiger partial charge >= 0.3 is 0 Å². The van der Waals surface area contributed by atoms with E-state index < -0.39 is 0 Å². The quantitative estimate of drug-likeness (QED) is 0.570. The van der Waals surface area contributed by atoms with Gasteiger partial charge in [0.2, 0.25) is 0 Å². The molecule has 2 atom stereocenters. The van der Waals surface area contributed by atoms with E-state index >= 15 is 0 Å². The first-order valence-corrected chi connectivity index (χ1v) is 3.79. The van der Waals surface area contributed by atoms with Crippen LogP contribution in [0, 0.1) is 0 Å². The van der Waals surface area contributed by atoms with Gasteiger partial charge in [0.05, 0.1) is 13.2 Å². The third-order valence-electron chi connectivity index (χ3n) is 1.93. The van der Waals surface area contributed by atoms with Crippen molar-refractivity contribution >= 4 is 0 Å². The highest BCUT2D eigenvalue weighted by molar-refractivity contribution is 4.73. The lowest BCUT2D eigenvalue weighted by Gasteiger charge is -2.37. The van der Waals surface area contributed by atoms with Gasteiger partial charge in [0.25, 0.3) is 0 Å². The first-order valence-electron chi connectivity index (χ1n) is 3.79. The molecule has 0 spiro atoms. The lowest BCUT2D eigenvalue weighted by atomic mass is 10.2. The minimum absolute atomic E-state index is 0.494. The Balaban J connectivity index is 2.45. The second kappa shape index (κ2) is 3.32. The van der Waals surface area contributed by atoms with Crippen LogP contribution in [0.2, 0.25) is 0 Å². The van der Waals surface area contributed by atoms with Gasteiger partial charge in [0.15, 0.2) is 0 Å². The molecule has 1 N–H and O–H groups in total. The zero-order chi connectivity index (χ0) is 7.56. The van der Waals surface area contributed by atoms with E-state index in [4.69, 9.17) is 4.74 Å². The largest absolute Gasteiger partial charge is 0.378 e. The molecule has 3 nitrogen and oxygen atoms in total. The number of nitrogens with zero attached hydrogens (tertiary/aromatic N) is 1. The number of ether oxygens (including phenoxy) is 1. The van der Waals surface area contributed by atoms with Crippen molar-refractivity contribution in [1.29, 1.82) is 0 Å². The maximum Gasteiger partial charge on any atom is 0.0634 e. The van der Waals surface area contributed by atoms with Gasteiger partial charge in [-0.15, -0.1) is 0 Å². The molecule has 1 aliphatic heterocycles. The van der Waals surface area contributed by atoms with E-state index in [9.17, 15) is 0 Å². The Labute approximate surface area is 62.3 Å². The Morgan fingerprint density at radius 3 is 2.10 bits per heavy atom. The van der Waals surface area contributed by atoms with Gasteiger partial charge in [-0.1, -0.05) is 0 Å². The van der Waals surface area contributed by atoms with Crippen molar-refractivity contribution in [3.05, 3.63) is 0 Å². The van der Waals surface area contributed by atoms with Crippen molar-refractivity contribution in [2.75, 3.05) is 20.3 Å². The SMILES string of the molecule is CNN1[C@H](C)COC[C@H]1C. The van der Waals surface area contributed by atoms with Gasteiger partial charge in [0, 0.05) is 12.1 Å². The van der Waals surface area contributed by atoms with Gasteiger partial charge < -0.3 is 4.74 Å². The van der Waals surface area contributed by atoms with Gasteiger partial charge in [-0.25, -0.2) is 5.01 Å². The third kappa shape index (κ3) is 1.48. The molecule has 0 bridgehead atoms. The van der Waals surface area contributed by atoms with Crippen LogP contribution in [0.1, 0.15) is 13.8 Å². The van der Waals surface area contributed by atoms with Crippen LogP contribution in [0.5, 0.6) is 0 Å². The highest BCUT2D eigenvalue weighted by Gasteiger charge is 2.23. The maximum atomic E-state index is 5.34. The van der Waals surface area contributed by atoms with E-state index in [1.54, 1.807) is 0 Å². The molecule has 3 heteroatoms. The molecule has 1 rings (SSSR count). The molecule has 0 unspecified atom stereocenters. The van der Waals surface area contributed by atoms with Crippen molar-refractivity contribution in [1.82, 2.24) is 10.4 Å². The summed E-state index contributed by atoms with van der Waals surface area (Å²) in [6, 6.07) is 0.988. The predicted molar refractivity (Wildman–Crippen MR) is 40.6 cm³/mol. The number of rotatable bonds is 1. The topological polar surface area (TPSA) is 24.5 Å². The second-order valence-corrected chi connectivity index (χ2v) is 2.87. The molecule has 1 saturated heterocycles. The van der Waals surface area contributed by atoms with Crippen LogP contribution in [-0.2, 0) is 4.74 Å². The summed E-state index contributed by atoms with van der Waals surface area (Å²) in [7, 11) is 1.96. The standard InChI is InChI=1S/C7H16N2O/c1-6-4-10-5-7(2)9(6)8-3/h6-8H,4-5H2,1-3H3/t6-,7-/m1/s1. The zero-order valence-corrected chi connectivity index (χ0v) is 6.92. The average Bonchev–Trinajstić information content (AvgIpc) is 1.88. The number of hydrogen-bond donors (Lipinski definition) is 1. The summed E-state index contributed by atoms with van der Waals surface area (Å²) >= 11 is 0. The molecule has 10 heavy (non-hydrogen) atoms. The Morgan fingerprint density at radius 2 is 1.80 bits per heavy atom. The highest BCUT2D eigenvalue weighted by Crippen LogP contribution is 2.08. The Bertz CT molecular complexity index is 97.8. The molecule has 0 amide bonds. The number of hydrogen-bond acceptors (Lipinski definition) is 3. The molecule has 0 radical (unpaired) electrons. The van der Waals surface area contributed by atoms with E-state index in [-0.39, 0.29) is 0 Å². The Kier molecular flexibility index (Phi) is 2.65. The molecule has 60 valence electrons. The fourth-order valence-corrected chi connectivity index (χ4v) is 1.44. The molecule has 0 aliphatic carbocycles. The minimum atomic E-state index is 0.494. The maximum absolute atomic E-state index is 5.34. The van der Waals surface area contributed by atoms with Crippen LogP contribution in [-0.4, -0.2) is 37.4 Å². The number of morpholine rings is 1. The monoisotopic (exact) mass is 144 g/mol. The first kappa shape index (κ1) is 7.98. The van der Waals surface area contributed by atoms with Crippen LogP contribution < -0.4 is 5.43 Å². The average molecular weight is 144 g/mol. The summed E-state index contributed by atoms with van der Waals surface area (Å²) in [5, 5.41) is 2.23. The summed E-state index contributed by atoms with van der Waals surface area (Å²) in [5.41, 5.74) is 3.16. The number of hydrazine groups is 1. The minimum Gasteiger partial charge on any atom is -0.378 e. The van der Waals surface area contributed by atoms with E-state index in [1.807, 2.05) is 7.05 Å². The molecule has 1 fully saturated rings. The fraction of sp³-hybridized carbons (Fsp3) is 1.00. The summed E-state index contributed by atoms with van der Waals surface area (Å²) in [4.78, 5) is 0. The lowest BCUT2D eigenvalue weighted by Crippen LogP contribution is -2.54. The Morgan fingerprint density at radius 1 is 1.30 bits per heavy atom. The van der Waals surface area contributed by atoms with Gasteiger partial charge in [-0.3, -0.25) is 5.43 Å². The summed E-state index contributed by atoms with van der Waals surface area (Å²) in [6.45, 7) is 5.99. The van der Waals surface area contributed by atoms with E-state index in [0.29, 0.717) is 12.1 Å². The summed E-state index contributed by atoms with van der Waals surface area (Å²) in [5.74, 6) is 0. The zero-order valence-electron chi connectivity index (χ0n) is 6.92. The first-order chi connectivity index (χ1) is 4.75. The smallest absolute Gasteiger partial charge is 0.0634 e. The van der Waals surface area contributed by atoms with E-state index in [2.05, 4.69) is 24.3 Å². The lowest BCUT2D eigenvalue weighted by molar-refractivity contribution is -0.0591. The molecule has 0 saturated carbocycles. The van der Waals surface area contributed by atoms with E-state index in [0.717, 1.165) is 13.2 Å². The van der Waals surface area contributed by atoms with Crippen molar-refractivity contribution in [2.24, 2.45) is 0 Å². The van der Waals surface area contributed by atoms with Gasteiger partial charge in [0.1, 0.15) is 0 Å². The third-order valence-corrected chi connectivity index (χ3v) is 1.93. The van der Waals surface area contributed by atoms with Crippen LogP contribution in [0.4, 0.5) is 0 Å². The number of nitrogens with one attached hydrogen (secondary N) is 1.